The number of hydrogen-bond donors (Lipinski definition) is 1. The van der Waals surface area contributed by atoms with Crippen LogP contribution in [0.25, 0.3) is 10.8 Å². The van der Waals surface area contributed by atoms with E-state index in [0.717, 1.165) is 12.8 Å². The van der Waals surface area contributed by atoms with Crippen LogP contribution in [0.2, 0.25) is 0 Å². The number of halogens is 1. The molecule has 2 atom stereocenters. The van der Waals surface area contributed by atoms with Crippen molar-refractivity contribution in [1.82, 2.24) is 9.78 Å². The van der Waals surface area contributed by atoms with E-state index in [4.69, 9.17) is 0 Å². The molecular formula is C13H13FN2O2. The molecule has 0 unspecified atom stereocenters. The molecule has 0 spiro atoms. The summed E-state index contributed by atoms with van der Waals surface area (Å²) in [7, 11) is 0. The maximum atomic E-state index is 13.5. The number of aromatic nitrogens is 2. The highest BCUT2D eigenvalue weighted by atomic mass is 19.1. The Labute approximate surface area is 103 Å². The van der Waals surface area contributed by atoms with Crippen LogP contribution in [-0.2, 0) is 0 Å². The molecule has 94 valence electrons. The quantitative estimate of drug-likeness (QED) is 0.834. The van der Waals surface area contributed by atoms with E-state index in [0.29, 0.717) is 11.8 Å². The van der Waals surface area contributed by atoms with Crippen molar-refractivity contribution in [3.8, 4) is 0 Å². The van der Waals surface area contributed by atoms with Crippen LogP contribution in [0.1, 0.15) is 25.3 Å². The Kier molecular flexibility index (Phi) is 2.63. The molecule has 1 N–H and O–H groups in total. The molecule has 2 aromatic rings. The van der Waals surface area contributed by atoms with Gasteiger partial charge in [-0.1, -0.05) is 6.07 Å². The lowest BCUT2D eigenvalue weighted by Gasteiger charge is -2.16. The number of rotatable bonds is 1. The summed E-state index contributed by atoms with van der Waals surface area (Å²) >= 11 is 0. The van der Waals surface area contributed by atoms with Crippen LogP contribution in [0.4, 0.5) is 4.39 Å². The van der Waals surface area contributed by atoms with E-state index < -0.39 is 11.9 Å². The third-order valence-corrected chi connectivity index (χ3v) is 3.56. The average molecular weight is 248 g/mol. The highest BCUT2D eigenvalue weighted by Crippen LogP contribution is 2.28. The lowest BCUT2D eigenvalue weighted by atomic mass is 10.1. The molecule has 0 saturated heterocycles. The zero-order valence-corrected chi connectivity index (χ0v) is 9.71. The smallest absolute Gasteiger partial charge is 0.275 e. The van der Waals surface area contributed by atoms with Gasteiger partial charge in [0.25, 0.3) is 5.56 Å². The van der Waals surface area contributed by atoms with Gasteiger partial charge in [0.05, 0.1) is 23.7 Å². The van der Waals surface area contributed by atoms with Crippen molar-refractivity contribution in [2.75, 3.05) is 0 Å². The summed E-state index contributed by atoms with van der Waals surface area (Å²) in [5.41, 5.74) is -0.335. The minimum absolute atomic E-state index is 0.228. The second-order valence-electron chi connectivity index (χ2n) is 4.66. The first-order valence-corrected chi connectivity index (χ1v) is 6.02. The van der Waals surface area contributed by atoms with Crippen molar-refractivity contribution in [3.05, 3.63) is 40.6 Å². The molecule has 1 aromatic heterocycles. The predicted molar refractivity (Wildman–Crippen MR) is 64.9 cm³/mol. The summed E-state index contributed by atoms with van der Waals surface area (Å²) in [6, 6.07) is 4.11. The zero-order valence-electron chi connectivity index (χ0n) is 9.71. The molecule has 4 nitrogen and oxygen atoms in total. The summed E-state index contributed by atoms with van der Waals surface area (Å²) in [6.45, 7) is 0. The van der Waals surface area contributed by atoms with Gasteiger partial charge in [0.1, 0.15) is 5.82 Å². The molecule has 1 aliphatic carbocycles. The van der Waals surface area contributed by atoms with Crippen LogP contribution in [0, 0.1) is 5.82 Å². The standard InChI is InChI=1S/C13H13FN2O2/c14-10-4-1-3-8-9(10)7-15-16(13(8)18)11-5-2-6-12(11)17/h1,3-4,7,11-12,17H,2,5-6H2/t11-,12-/m1/s1. The molecule has 0 aliphatic heterocycles. The van der Waals surface area contributed by atoms with Crippen LogP contribution in [0.5, 0.6) is 0 Å². The summed E-state index contributed by atoms with van der Waals surface area (Å²) in [5, 5.41) is 14.4. The van der Waals surface area contributed by atoms with E-state index in [-0.39, 0.29) is 17.0 Å². The maximum absolute atomic E-state index is 13.5. The first-order chi connectivity index (χ1) is 8.68. The Bertz CT molecular complexity index is 653. The normalized spacial score (nSPS) is 23.7. The number of benzene rings is 1. The number of aliphatic hydroxyl groups is 1. The lowest BCUT2D eigenvalue weighted by molar-refractivity contribution is 0.128. The molecule has 1 heterocycles. The predicted octanol–water partition coefficient (Wildman–Crippen LogP) is 1.62. The molecule has 0 radical (unpaired) electrons. The monoisotopic (exact) mass is 248 g/mol. The van der Waals surface area contributed by atoms with E-state index in [2.05, 4.69) is 5.10 Å². The van der Waals surface area contributed by atoms with Gasteiger partial charge >= 0.3 is 0 Å². The van der Waals surface area contributed by atoms with Crippen molar-refractivity contribution in [1.29, 1.82) is 0 Å². The second-order valence-corrected chi connectivity index (χ2v) is 4.66. The van der Waals surface area contributed by atoms with E-state index in [1.54, 1.807) is 6.07 Å². The Morgan fingerprint density at radius 3 is 2.89 bits per heavy atom. The van der Waals surface area contributed by atoms with Crippen molar-refractivity contribution in [2.24, 2.45) is 0 Å². The number of aliphatic hydroxyl groups excluding tert-OH is 1. The number of nitrogens with zero attached hydrogens (tertiary/aromatic N) is 2. The van der Waals surface area contributed by atoms with Gasteiger partial charge in [-0.15, -0.1) is 0 Å². The van der Waals surface area contributed by atoms with Gasteiger partial charge in [-0.25, -0.2) is 9.07 Å². The Balaban J connectivity index is 2.21. The maximum Gasteiger partial charge on any atom is 0.275 e. The molecule has 0 amide bonds. The van der Waals surface area contributed by atoms with Crippen molar-refractivity contribution >= 4 is 10.8 Å². The molecule has 5 heteroatoms. The molecule has 3 rings (SSSR count). The fourth-order valence-corrected chi connectivity index (χ4v) is 2.59. The molecule has 0 bridgehead atoms. The highest BCUT2D eigenvalue weighted by Gasteiger charge is 2.28. The highest BCUT2D eigenvalue weighted by molar-refractivity contribution is 5.81. The van der Waals surface area contributed by atoms with Crippen LogP contribution in [0.3, 0.4) is 0 Å². The molecular weight excluding hydrogens is 235 g/mol. The Morgan fingerprint density at radius 1 is 1.33 bits per heavy atom. The van der Waals surface area contributed by atoms with E-state index in [1.165, 1.54) is 23.0 Å². The van der Waals surface area contributed by atoms with Crippen molar-refractivity contribution in [3.63, 3.8) is 0 Å². The Hall–Kier alpha value is -1.75. The van der Waals surface area contributed by atoms with Gasteiger partial charge in [-0.3, -0.25) is 4.79 Å². The fraction of sp³-hybridized carbons (Fsp3) is 0.385. The van der Waals surface area contributed by atoms with Gasteiger partial charge in [0, 0.05) is 5.39 Å². The van der Waals surface area contributed by atoms with Gasteiger partial charge in [0.15, 0.2) is 0 Å². The van der Waals surface area contributed by atoms with Crippen LogP contribution in [-0.4, -0.2) is 21.0 Å². The van der Waals surface area contributed by atoms with Crippen LogP contribution < -0.4 is 5.56 Å². The fourth-order valence-electron chi connectivity index (χ4n) is 2.59. The van der Waals surface area contributed by atoms with Crippen LogP contribution in [0.15, 0.2) is 29.2 Å². The van der Waals surface area contributed by atoms with E-state index in [9.17, 15) is 14.3 Å². The first kappa shape index (κ1) is 11.3. The SMILES string of the molecule is O=c1c2cccc(F)c2cnn1[C@@H]1CCC[C@H]1O. The Morgan fingerprint density at radius 2 is 2.17 bits per heavy atom. The first-order valence-electron chi connectivity index (χ1n) is 6.02. The molecule has 1 aromatic carbocycles. The zero-order chi connectivity index (χ0) is 12.7. The van der Waals surface area contributed by atoms with Gasteiger partial charge in [0.2, 0.25) is 0 Å². The van der Waals surface area contributed by atoms with E-state index in [1.807, 2.05) is 0 Å². The summed E-state index contributed by atoms with van der Waals surface area (Å²) in [4.78, 5) is 12.2. The minimum Gasteiger partial charge on any atom is -0.391 e. The largest absolute Gasteiger partial charge is 0.391 e. The molecule has 1 saturated carbocycles. The van der Waals surface area contributed by atoms with Gasteiger partial charge < -0.3 is 5.11 Å². The lowest BCUT2D eigenvalue weighted by Crippen LogP contribution is -2.31. The van der Waals surface area contributed by atoms with Crippen molar-refractivity contribution in [2.45, 2.75) is 31.4 Å². The third kappa shape index (κ3) is 1.62. The summed E-state index contributed by atoms with van der Waals surface area (Å²) < 4.78 is 14.8. The van der Waals surface area contributed by atoms with E-state index >= 15 is 0 Å². The van der Waals surface area contributed by atoms with Gasteiger partial charge in [-0.05, 0) is 31.4 Å². The van der Waals surface area contributed by atoms with Crippen LogP contribution >= 0.6 is 0 Å². The van der Waals surface area contributed by atoms with Gasteiger partial charge in [-0.2, -0.15) is 5.10 Å². The minimum atomic E-state index is -0.541. The summed E-state index contributed by atoms with van der Waals surface area (Å²) in [5.74, 6) is -0.448. The second kappa shape index (κ2) is 4.17. The number of fused-ring (bicyclic) bond motifs is 1. The van der Waals surface area contributed by atoms with Crippen molar-refractivity contribution < 1.29 is 9.50 Å². The summed E-state index contributed by atoms with van der Waals surface area (Å²) in [6.07, 6.45) is 3.11. The third-order valence-electron chi connectivity index (χ3n) is 3.56. The average Bonchev–Trinajstić information content (AvgIpc) is 2.77. The topological polar surface area (TPSA) is 55.1 Å². The number of hydrogen-bond acceptors (Lipinski definition) is 3. The molecule has 18 heavy (non-hydrogen) atoms. The molecule has 1 fully saturated rings. The molecule has 1 aliphatic rings.